The van der Waals surface area contributed by atoms with Gasteiger partial charge in [0, 0.05) is 5.69 Å². The van der Waals surface area contributed by atoms with E-state index in [4.69, 9.17) is 17.2 Å². The van der Waals surface area contributed by atoms with Crippen LogP contribution in [0.3, 0.4) is 0 Å². The van der Waals surface area contributed by atoms with Crippen LogP contribution in [0.4, 0.5) is 17.1 Å². The standard InChI is InChI=1S/C10H17N3/c1-2-3-4-7-5-8(11)6-9(12)10(7)13/h5-6H,2-4,11-13H2,1H3. The molecule has 1 rings (SSSR count). The fourth-order valence-corrected chi connectivity index (χ4v) is 1.34. The molecule has 0 aliphatic carbocycles. The van der Waals surface area contributed by atoms with Crippen LogP contribution >= 0.6 is 0 Å². The maximum absolute atomic E-state index is 5.81. The van der Waals surface area contributed by atoms with Crippen LogP contribution in [0.15, 0.2) is 12.1 Å². The van der Waals surface area contributed by atoms with Gasteiger partial charge >= 0.3 is 0 Å². The minimum atomic E-state index is 0.589. The topological polar surface area (TPSA) is 78.1 Å². The largest absolute Gasteiger partial charge is 0.399 e. The van der Waals surface area contributed by atoms with Crippen LogP contribution < -0.4 is 17.2 Å². The van der Waals surface area contributed by atoms with Crippen molar-refractivity contribution >= 4 is 17.1 Å². The lowest BCUT2D eigenvalue weighted by atomic mass is 10.0. The van der Waals surface area contributed by atoms with Crippen molar-refractivity contribution in [3.63, 3.8) is 0 Å². The predicted molar refractivity (Wildman–Crippen MR) is 58.3 cm³/mol. The lowest BCUT2D eigenvalue weighted by Crippen LogP contribution is -2.02. The maximum atomic E-state index is 5.81. The molecule has 0 amide bonds. The van der Waals surface area contributed by atoms with E-state index in [1.54, 1.807) is 6.07 Å². The third-order valence-electron chi connectivity index (χ3n) is 2.12. The molecule has 0 unspecified atom stereocenters. The van der Waals surface area contributed by atoms with Gasteiger partial charge in [0.15, 0.2) is 0 Å². The molecule has 0 heterocycles. The number of benzene rings is 1. The number of aryl methyl sites for hydroxylation is 1. The smallest absolute Gasteiger partial charge is 0.0581 e. The van der Waals surface area contributed by atoms with Gasteiger partial charge in [-0.25, -0.2) is 0 Å². The van der Waals surface area contributed by atoms with E-state index in [1.807, 2.05) is 6.07 Å². The van der Waals surface area contributed by atoms with Gasteiger partial charge in [0.1, 0.15) is 0 Å². The highest BCUT2D eigenvalue weighted by Crippen LogP contribution is 2.24. The summed E-state index contributed by atoms with van der Waals surface area (Å²) in [7, 11) is 0. The van der Waals surface area contributed by atoms with Gasteiger partial charge in [0.25, 0.3) is 0 Å². The summed E-state index contributed by atoms with van der Waals surface area (Å²) in [5, 5.41) is 0. The summed E-state index contributed by atoms with van der Waals surface area (Å²) in [4.78, 5) is 0. The van der Waals surface area contributed by atoms with Crippen LogP contribution in [0.5, 0.6) is 0 Å². The molecule has 3 heteroatoms. The quantitative estimate of drug-likeness (QED) is 0.619. The highest BCUT2D eigenvalue weighted by molar-refractivity contribution is 5.72. The van der Waals surface area contributed by atoms with Crippen molar-refractivity contribution in [3.05, 3.63) is 17.7 Å². The molecule has 0 aliphatic heterocycles. The summed E-state index contributed by atoms with van der Waals surface area (Å²) in [6.07, 6.45) is 3.22. The van der Waals surface area contributed by atoms with E-state index in [0.29, 0.717) is 17.1 Å². The molecule has 0 radical (unpaired) electrons. The molecule has 0 fully saturated rings. The van der Waals surface area contributed by atoms with Crippen molar-refractivity contribution in [2.75, 3.05) is 17.2 Å². The zero-order chi connectivity index (χ0) is 9.84. The monoisotopic (exact) mass is 179 g/mol. The number of rotatable bonds is 3. The van der Waals surface area contributed by atoms with Crippen molar-refractivity contribution in [2.24, 2.45) is 0 Å². The number of nitrogens with two attached hydrogens (primary N) is 3. The number of nitrogen functional groups attached to an aromatic ring is 3. The van der Waals surface area contributed by atoms with E-state index in [-0.39, 0.29) is 0 Å². The van der Waals surface area contributed by atoms with Gasteiger partial charge in [-0.05, 0) is 30.5 Å². The van der Waals surface area contributed by atoms with Gasteiger partial charge in [-0.3, -0.25) is 0 Å². The minimum absolute atomic E-state index is 0.589. The molecule has 72 valence electrons. The van der Waals surface area contributed by atoms with Gasteiger partial charge in [-0.1, -0.05) is 13.3 Å². The molecule has 6 N–H and O–H groups in total. The van der Waals surface area contributed by atoms with Gasteiger partial charge in [0.2, 0.25) is 0 Å². The molecule has 1 aromatic rings. The van der Waals surface area contributed by atoms with E-state index in [9.17, 15) is 0 Å². The van der Waals surface area contributed by atoms with Crippen LogP contribution in [0.1, 0.15) is 25.3 Å². The second kappa shape index (κ2) is 4.03. The van der Waals surface area contributed by atoms with Crippen LogP contribution in [-0.4, -0.2) is 0 Å². The maximum Gasteiger partial charge on any atom is 0.0581 e. The SMILES string of the molecule is CCCCc1cc(N)cc(N)c1N. The molecule has 0 atom stereocenters. The van der Waals surface area contributed by atoms with E-state index in [0.717, 1.165) is 24.8 Å². The predicted octanol–water partition coefficient (Wildman–Crippen LogP) is 1.78. The first-order valence-electron chi connectivity index (χ1n) is 4.58. The Kier molecular flexibility index (Phi) is 3.01. The molecule has 0 aliphatic rings. The van der Waals surface area contributed by atoms with Gasteiger partial charge in [-0.15, -0.1) is 0 Å². The summed E-state index contributed by atoms with van der Waals surface area (Å²) >= 11 is 0. The number of hydrogen-bond acceptors (Lipinski definition) is 3. The van der Waals surface area contributed by atoms with E-state index >= 15 is 0 Å². The molecule has 0 aromatic heterocycles. The zero-order valence-electron chi connectivity index (χ0n) is 8.01. The number of anilines is 3. The lowest BCUT2D eigenvalue weighted by molar-refractivity contribution is 0.797. The van der Waals surface area contributed by atoms with Gasteiger partial charge < -0.3 is 17.2 Å². The Morgan fingerprint density at radius 2 is 1.85 bits per heavy atom. The normalized spacial score (nSPS) is 10.2. The third kappa shape index (κ3) is 2.28. The summed E-state index contributed by atoms with van der Waals surface area (Å²) in [5.74, 6) is 0. The Hall–Kier alpha value is -1.38. The third-order valence-corrected chi connectivity index (χ3v) is 2.12. The highest BCUT2D eigenvalue weighted by Gasteiger charge is 2.03. The molecule has 0 saturated carbocycles. The Labute approximate surface area is 78.9 Å². The fourth-order valence-electron chi connectivity index (χ4n) is 1.34. The van der Waals surface area contributed by atoms with Crippen molar-refractivity contribution < 1.29 is 0 Å². The molecule has 3 nitrogen and oxygen atoms in total. The van der Waals surface area contributed by atoms with Crippen LogP contribution in [0.2, 0.25) is 0 Å². The molecular weight excluding hydrogens is 162 g/mol. The van der Waals surface area contributed by atoms with E-state index in [2.05, 4.69) is 6.92 Å². The number of unbranched alkanes of at least 4 members (excludes halogenated alkanes) is 1. The Morgan fingerprint density at radius 3 is 2.46 bits per heavy atom. The lowest BCUT2D eigenvalue weighted by Gasteiger charge is -2.08. The van der Waals surface area contributed by atoms with Crippen LogP contribution in [0.25, 0.3) is 0 Å². The van der Waals surface area contributed by atoms with Crippen LogP contribution in [-0.2, 0) is 6.42 Å². The molecule has 0 spiro atoms. The summed E-state index contributed by atoms with van der Waals surface area (Å²) in [6.45, 7) is 2.14. The minimum Gasteiger partial charge on any atom is -0.399 e. The Bertz CT molecular complexity index is 294. The first kappa shape index (κ1) is 9.71. The summed E-state index contributed by atoms with van der Waals surface area (Å²) in [6, 6.07) is 3.60. The highest BCUT2D eigenvalue weighted by atomic mass is 14.7. The Balaban J connectivity index is 2.92. The van der Waals surface area contributed by atoms with Crippen molar-refractivity contribution in [2.45, 2.75) is 26.2 Å². The summed E-state index contributed by atoms with van der Waals surface area (Å²) < 4.78 is 0. The van der Waals surface area contributed by atoms with Crippen molar-refractivity contribution in [1.29, 1.82) is 0 Å². The molecule has 0 saturated heterocycles. The first-order chi connectivity index (χ1) is 6.15. The molecule has 1 aromatic carbocycles. The zero-order valence-corrected chi connectivity index (χ0v) is 8.01. The Morgan fingerprint density at radius 1 is 1.15 bits per heavy atom. The molecule has 0 bridgehead atoms. The second-order valence-electron chi connectivity index (χ2n) is 3.29. The van der Waals surface area contributed by atoms with Gasteiger partial charge in [0.05, 0.1) is 11.4 Å². The average Bonchev–Trinajstić information content (AvgIpc) is 2.09. The summed E-state index contributed by atoms with van der Waals surface area (Å²) in [5.41, 5.74) is 20.2. The average molecular weight is 179 g/mol. The van der Waals surface area contributed by atoms with Crippen molar-refractivity contribution in [3.8, 4) is 0 Å². The van der Waals surface area contributed by atoms with Crippen LogP contribution in [0, 0.1) is 0 Å². The van der Waals surface area contributed by atoms with Gasteiger partial charge in [-0.2, -0.15) is 0 Å². The van der Waals surface area contributed by atoms with Crippen molar-refractivity contribution in [1.82, 2.24) is 0 Å². The molecular formula is C10H17N3. The molecule has 13 heavy (non-hydrogen) atoms. The second-order valence-corrected chi connectivity index (χ2v) is 3.29. The van der Waals surface area contributed by atoms with E-state index in [1.165, 1.54) is 0 Å². The number of hydrogen-bond donors (Lipinski definition) is 3. The first-order valence-corrected chi connectivity index (χ1v) is 4.58. The fraction of sp³-hybridized carbons (Fsp3) is 0.400. The van der Waals surface area contributed by atoms with E-state index < -0.39 is 0 Å².